The Morgan fingerprint density at radius 1 is 1.28 bits per heavy atom. The summed E-state index contributed by atoms with van der Waals surface area (Å²) in [5, 5.41) is 8.50. The molecule has 1 aromatic heterocycles. The summed E-state index contributed by atoms with van der Waals surface area (Å²) in [6.45, 7) is 6.86. The summed E-state index contributed by atoms with van der Waals surface area (Å²) in [5.74, 6) is 0.824. The third-order valence-corrected chi connectivity index (χ3v) is 4.85. The van der Waals surface area contributed by atoms with Crippen molar-refractivity contribution in [2.24, 2.45) is 7.05 Å². The van der Waals surface area contributed by atoms with E-state index >= 15 is 0 Å². The van der Waals surface area contributed by atoms with Crippen LogP contribution in [0.5, 0.6) is 5.75 Å². The molecule has 6 nitrogen and oxygen atoms in total. The molecule has 0 unspecified atom stereocenters. The van der Waals surface area contributed by atoms with Gasteiger partial charge >= 0.3 is 0 Å². The molecule has 2 aromatic rings. The van der Waals surface area contributed by atoms with E-state index in [1.807, 2.05) is 36.0 Å². The third kappa shape index (κ3) is 4.49. The zero-order chi connectivity index (χ0) is 17.8. The van der Waals surface area contributed by atoms with E-state index in [-0.39, 0.29) is 0 Å². The summed E-state index contributed by atoms with van der Waals surface area (Å²) < 4.78 is 7.14. The molecule has 0 radical (unpaired) electrons. The van der Waals surface area contributed by atoms with Crippen molar-refractivity contribution in [2.45, 2.75) is 13.5 Å². The largest absolute Gasteiger partial charge is 0.497 e. The van der Waals surface area contributed by atoms with Crippen LogP contribution in [0.4, 0.5) is 5.69 Å². The number of piperazine rings is 1. The number of rotatable bonds is 4. The van der Waals surface area contributed by atoms with E-state index in [4.69, 9.17) is 17.0 Å². The van der Waals surface area contributed by atoms with Gasteiger partial charge in [0.25, 0.3) is 0 Å². The summed E-state index contributed by atoms with van der Waals surface area (Å²) in [4.78, 5) is 4.68. The van der Waals surface area contributed by atoms with E-state index < -0.39 is 0 Å². The maximum absolute atomic E-state index is 5.57. The number of aryl methyl sites for hydroxylation is 2. The molecule has 0 atom stereocenters. The van der Waals surface area contributed by atoms with E-state index in [9.17, 15) is 0 Å². The summed E-state index contributed by atoms with van der Waals surface area (Å²) in [6.07, 6.45) is 2.11. The number of anilines is 1. The fourth-order valence-electron chi connectivity index (χ4n) is 3.06. The van der Waals surface area contributed by atoms with Gasteiger partial charge in [-0.2, -0.15) is 5.10 Å². The average molecular weight is 359 g/mol. The van der Waals surface area contributed by atoms with Gasteiger partial charge in [0.2, 0.25) is 0 Å². The third-order valence-electron chi connectivity index (χ3n) is 4.49. The van der Waals surface area contributed by atoms with Crippen LogP contribution in [-0.4, -0.2) is 58.0 Å². The Hall–Kier alpha value is -2.12. The Balaban J connectivity index is 1.51. The number of aromatic nitrogens is 2. The minimum atomic E-state index is 0.769. The van der Waals surface area contributed by atoms with Crippen LogP contribution < -0.4 is 10.1 Å². The number of thiocarbonyl (C=S) groups is 1. The van der Waals surface area contributed by atoms with Gasteiger partial charge in [0.1, 0.15) is 5.75 Å². The molecule has 1 aliphatic rings. The summed E-state index contributed by atoms with van der Waals surface area (Å²) in [5.41, 5.74) is 3.37. The van der Waals surface area contributed by atoms with Crippen LogP contribution in [0.15, 0.2) is 30.5 Å². The molecule has 7 heteroatoms. The molecule has 1 N–H and O–H groups in total. The Morgan fingerprint density at radius 2 is 2.04 bits per heavy atom. The number of nitrogens with zero attached hydrogens (tertiary/aromatic N) is 4. The fraction of sp³-hybridized carbons (Fsp3) is 0.444. The summed E-state index contributed by atoms with van der Waals surface area (Å²) in [6, 6.07) is 7.83. The first-order chi connectivity index (χ1) is 12.0. The van der Waals surface area contributed by atoms with E-state index in [0.717, 1.165) is 55.0 Å². The molecule has 0 aliphatic carbocycles. The lowest BCUT2D eigenvalue weighted by molar-refractivity contribution is 0.176. The van der Waals surface area contributed by atoms with Gasteiger partial charge in [-0.05, 0) is 31.3 Å². The van der Waals surface area contributed by atoms with Gasteiger partial charge in [0, 0.05) is 63.3 Å². The quantitative estimate of drug-likeness (QED) is 0.845. The molecule has 134 valence electrons. The van der Waals surface area contributed by atoms with Gasteiger partial charge in [-0.15, -0.1) is 0 Å². The molecule has 1 aromatic carbocycles. The van der Waals surface area contributed by atoms with Crippen molar-refractivity contribution >= 4 is 23.0 Å². The van der Waals surface area contributed by atoms with Gasteiger partial charge in [-0.25, -0.2) is 0 Å². The predicted octanol–water partition coefficient (Wildman–Crippen LogP) is 2.25. The van der Waals surface area contributed by atoms with Crippen LogP contribution in [0.3, 0.4) is 0 Å². The number of nitrogens with one attached hydrogen (secondary N) is 1. The smallest absolute Gasteiger partial charge is 0.173 e. The number of methoxy groups -OCH3 is 1. The lowest BCUT2D eigenvalue weighted by Crippen LogP contribution is -2.49. The van der Waals surface area contributed by atoms with Gasteiger partial charge in [-0.1, -0.05) is 6.07 Å². The number of hydrogen-bond acceptors (Lipinski definition) is 4. The van der Waals surface area contributed by atoms with Crippen LogP contribution in [0.2, 0.25) is 0 Å². The highest BCUT2D eigenvalue weighted by molar-refractivity contribution is 7.80. The van der Waals surface area contributed by atoms with Crippen molar-refractivity contribution in [3.8, 4) is 5.75 Å². The van der Waals surface area contributed by atoms with E-state index in [1.54, 1.807) is 7.11 Å². The minimum Gasteiger partial charge on any atom is -0.497 e. The SMILES string of the molecule is COc1cccc(NC(=S)N2CCN(Cc3cn(C)nc3C)CC2)c1. The molecular weight excluding hydrogens is 334 g/mol. The monoisotopic (exact) mass is 359 g/mol. The normalized spacial score (nSPS) is 15.2. The van der Waals surface area contributed by atoms with Crippen LogP contribution in [0.25, 0.3) is 0 Å². The maximum atomic E-state index is 5.57. The van der Waals surface area contributed by atoms with Crippen molar-refractivity contribution in [1.29, 1.82) is 0 Å². The van der Waals surface area contributed by atoms with Crippen LogP contribution in [0.1, 0.15) is 11.3 Å². The molecule has 2 heterocycles. The molecule has 0 bridgehead atoms. The van der Waals surface area contributed by atoms with Gasteiger partial charge in [0.15, 0.2) is 5.11 Å². The second-order valence-corrected chi connectivity index (χ2v) is 6.73. The highest BCUT2D eigenvalue weighted by atomic mass is 32.1. The first kappa shape index (κ1) is 17.7. The zero-order valence-corrected chi connectivity index (χ0v) is 15.8. The van der Waals surface area contributed by atoms with Crippen molar-refractivity contribution in [3.63, 3.8) is 0 Å². The molecule has 1 fully saturated rings. The number of hydrogen-bond donors (Lipinski definition) is 1. The predicted molar refractivity (Wildman–Crippen MR) is 104 cm³/mol. The second kappa shape index (κ2) is 7.84. The first-order valence-electron chi connectivity index (χ1n) is 8.46. The first-order valence-corrected chi connectivity index (χ1v) is 8.87. The van der Waals surface area contributed by atoms with Crippen LogP contribution in [-0.2, 0) is 13.6 Å². The Kier molecular flexibility index (Phi) is 5.55. The van der Waals surface area contributed by atoms with Crippen LogP contribution in [0, 0.1) is 6.92 Å². The molecule has 0 amide bonds. The zero-order valence-electron chi connectivity index (χ0n) is 15.0. The highest BCUT2D eigenvalue weighted by Gasteiger charge is 2.20. The van der Waals surface area contributed by atoms with Gasteiger partial charge in [-0.3, -0.25) is 9.58 Å². The molecule has 0 saturated carbocycles. The Morgan fingerprint density at radius 3 is 2.68 bits per heavy atom. The second-order valence-electron chi connectivity index (χ2n) is 6.34. The van der Waals surface area contributed by atoms with Gasteiger partial charge in [0.05, 0.1) is 12.8 Å². The lowest BCUT2D eigenvalue weighted by Gasteiger charge is -2.36. The molecule has 1 aliphatic heterocycles. The van der Waals surface area contributed by atoms with Gasteiger partial charge < -0.3 is 15.0 Å². The van der Waals surface area contributed by atoms with Crippen molar-refractivity contribution < 1.29 is 4.74 Å². The molecule has 3 rings (SSSR count). The van der Waals surface area contributed by atoms with Crippen molar-refractivity contribution in [3.05, 3.63) is 41.7 Å². The van der Waals surface area contributed by atoms with E-state index in [1.165, 1.54) is 5.56 Å². The summed E-state index contributed by atoms with van der Waals surface area (Å²) in [7, 11) is 3.64. The van der Waals surface area contributed by atoms with E-state index in [2.05, 4.69) is 33.3 Å². The number of benzene rings is 1. The Bertz CT molecular complexity index is 737. The standard InChI is InChI=1S/C18H25N5OS/c1-14-15(12-21(2)20-14)13-22-7-9-23(10-8-22)18(25)19-16-5-4-6-17(11-16)24-3/h4-6,11-12H,7-10,13H2,1-3H3,(H,19,25). The topological polar surface area (TPSA) is 45.6 Å². The molecule has 1 saturated heterocycles. The van der Waals surface area contributed by atoms with Crippen LogP contribution >= 0.6 is 12.2 Å². The maximum Gasteiger partial charge on any atom is 0.173 e. The molecule has 25 heavy (non-hydrogen) atoms. The Labute approximate surface area is 154 Å². The van der Waals surface area contributed by atoms with Crippen molar-refractivity contribution in [2.75, 3.05) is 38.6 Å². The average Bonchev–Trinajstić information content (AvgIpc) is 2.93. The van der Waals surface area contributed by atoms with E-state index in [0.29, 0.717) is 0 Å². The highest BCUT2D eigenvalue weighted by Crippen LogP contribution is 2.18. The molecular formula is C18H25N5OS. The van der Waals surface area contributed by atoms with Crippen molar-refractivity contribution in [1.82, 2.24) is 19.6 Å². The molecule has 0 spiro atoms. The number of ether oxygens (including phenoxy) is 1. The summed E-state index contributed by atoms with van der Waals surface area (Å²) >= 11 is 5.57. The minimum absolute atomic E-state index is 0.769. The lowest BCUT2D eigenvalue weighted by atomic mass is 10.2. The fourth-order valence-corrected chi connectivity index (χ4v) is 3.36.